The highest BCUT2D eigenvalue weighted by molar-refractivity contribution is 6.13. The van der Waals surface area contributed by atoms with E-state index >= 15 is 0 Å². The van der Waals surface area contributed by atoms with Gasteiger partial charge < -0.3 is 5.41 Å². The van der Waals surface area contributed by atoms with Gasteiger partial charge in [0.25, 0.3) is 0 Å². The van der Waals surface area contributed by atoms with Crippen molar-refractivity contribution in [2.24, 2.45) is 0 Å². The molecule has 0 fully saturated rings. The van der Waals surface area contributed by atoms with E-state index in [0.29, 0.717) is 11.4 Å². The number of hydrogen-bond acceptors (Lipinski definition) is 2. The fraction of sp³-hybridized carbons (Fsp3) is 0.167. The van der Waals surface area contributed by atoms with Crippen LogP contribution in [-0.4, -0.2) is 11.4 Å². The fourth-order valence-corrected chi connectivity index (χ4v) is 1.23. The zero-order valence-corrected chi connectivity index (χ0v) is 8.46. The van der Waals surface area contributed by atoms with Gasteiger partial charge in [0.2, 0.25) is 0 Å². The molecule has 0 aliphatic carbocycles. The fourth-order valence-electron chi connectivity index (χ4n) is 1.23. The van der Waals surface area contributed by atoms with Crippen LogP contribution in [0.3, 0.4) is 0 Å². The van der Waals surface area contributed by atoms with Crippen molar-refractivity contribution < 1.29 is 0 Å². The van der Waals surface area contributed by atoms with Crippen LogP contribution in [0, 0.1) is 10.8 Å². The Morgan fingerprint density at radius 2 is 1.64 bits per heavy atom. The van der Waals surface area contributed by atoms with Gasteiger partial charge in [-0.05, 0) is 31.1 Å². The normalized spacial score (nSPS) is 11.1. The third-order valence-corrected chi connectivity index (χ3v) is 1.89. The number of benzene rings is 1. The molecule has 2 nitrogen and oxygen atoms in total. The first-order valence-corrected chi connectivity index (χ1v) is 4.49. The van der Waals surface area contributed by atoms with Crippen molar-refractivity contribution in [3.05, 3.63) is 47.5 Å². The van der Waals surface area contributed by atoms with Gasteiger partial charge in [0.1, 0.15) is 0 Å². The lowest BCUT2D eigenvalue weighted by atomic mass is 10.0. The van der Waals surface area contributed by atoms with Crippen LogP contribution in [0.25, 0.3) is 0 Å². The molecule has 0 amide bonds. The zero-order valence-electron chi connectivity index (χ0n) is 8.46. The van der Waals surface area contributed by atoms with Gasteiger partial charge in [-0.3, -0.25) is 5.41 Å². The quantitative estimate of drug-likeness (QED) is 0.682. The van der Waals surface area contributed by atoms with Crippen molar-refractivity contribution in [3.63, 3.8) is 0 Å². The van der Waals surface area contributed by atoms with Gasteiger partial charge in [0.05, 0.1) is 5.71 Å². The Morgan fingerprint density at radius 3 is 2.14 bits per heavy atom. The highest BCUT2D eigenvalue weighted by Gasteiger charge is 2.01. The highest BCUT2D eigenvalue weighted by Crippen LogP contribution is 2.07. The molecule has 0 unspecified atom stereocenters. The van der Waals surface area contributed by atoms with Crippen LogP contribution < -0.4 is 0 Å². The Bertz CT molecular complexity index is 375. The molecule has 0 aromatic heterocycles. The third kappa shape index (κ3) is 2.66. The van der Waals surface area contributed by atoms with E-state index in [0.717, 1.165) is 11.1 Å². The van der Waals surface area contributed by atoms with Crippen molar-refractivity contribution in [1.82, 2.24) is 0 Å². The molecule has 1 rings (SSSR count). The van der Waals surface area contributed by atoms with E-state index in [1.807, 2.05) is 37.3 Å². The second kappa shape index (κ2) is 4.51. The summed E-state index contributed by atoms with van der Waals surface area (Å²) in [6, 6.07) is 9.55. The maximum absolute atomic E-state index is 7.86. The molecule has 72 valence electrons. The number of nitrogens with one attached hydrogen (secondary N) is 2. The Balaban J connectivity index is 2.92. The van der Waals surface area contributed by atoms with Crippen LogP contribution in [-0.2, 0) is 0 Å². The Labute approximate surface area is 84.3 Å². The Morgan fingerprint density at radius 1 is 1.07 bits per heavy atom. The Hall–Kier alpha value is -1.70. The first kappa shape index (κ1) is 10.4. The highest BCUT2D eigenvalue weighted by atomic mass is 14.4. The van der Waals surface area contributed by atoms with Crippen LogP contribution >= 0.6 is 0 Å². The van der Waals surface area contributed by atoms with Crippen LogP contribution in [0.5, 0.6) is 0 Å². The lowest BCUT2D eigenvalue weighted by molar-refractivity contribution is 1.41. The summed E-state index contributed by atoms with van der Waals surface area (Å²) in [5.41, 5.74) is 2.67. The molecule has 0 heterocycles. The molecule has 2 N–H and O–H groups in total. The van der Waals surface area contributed by atoms with Crippen LogP contribution in [0.2, 0.25) is 0 Å². The molecule has 14 heavy (non-hydrogen) atoms. The van der Waals surface area contributed by atoms with E-state index in [1.165, 1.54) is 0 Å². The van der Waals surface area contributed by atoms with E-state index in [9.17, 15) is 0 Å². The van der Waals surface area contributed by atoms with Crippen LogP contribution in [0.15, 0.2) is 42.0 Å². The predicted molar refractivity (Wildman–Crippen MR) is 60.4 cm³/mol. The second-order valence-electron chi connectivity index (χ2n) is 3.25. The van der Waals surface area contributed by atoms with Crippen LogP contribution in [0.4, 0.5) is 0 Å². The van der Waals surface area contributed by atoms with E-state index in [1.54, 1.807) is 13.0 Å². The predicted octanol–water partition coefficient (Wildman–Crippen LogP) is 3.04. The van der Waals surface area contributed by atoms with Gasteiger partial charge >= 0.3 is 0 Å². The summed E-state index contributed by atoms with van der Waals surface area (Å²) in [6.45, 7) is 3.56. The number of allylic oxidation sites excluding steroid dienone is 2. The minimum absolute atomic E-state index is 0.475. The van der Waals surface area contributed by atoms with E-state index in [2.05, 4.69) is 0 Å². The molecule has 0 radical (unpaired) electrons. The molecule has 0 saturated heterocycles. The molecule has 1 aromatic carbocycles. The maximum Gasteiger partial charge on any atom is 0.0641 e. The van der Waals surface area contributed by atoms with Gasteiger partial charge in [-0.1, -0.05) is 30.3 Å². The lowest BCUT2D eigenvalue weighted by Gasteiger charge is -2.03. The number of rotatable bonds is 3. The molecular weight excluding hydrogens is 172 g/mol. The smallest absolute Gasteiger partial charge is 0.0641 e. The van der Waals surface area contributed by atoms with Gasteiger partial charge in [-0.25, -0.2) is 0 Å². The standard InChI is InChI=1S/C12H14N2/c1-9(8-10(2)13)12(14)11-6-4-3-5-7-11/h3-8,13-14H,1-2H3/b9-8-,13-10?,14-12?. The molecule has 1 aromatic rings. The summed E-state index contributed by atoms with van der Waals surface area (Å²) in [6.07, 6.45) is 1.70. The van der Waals surface area contributed by atoms with E-state index < -0.39 is 0 Å². The van der Waals surface area contributed by atoms with E-state index in [-0.39, 0.29) is 0 Å². The van der Waals surface area contributed by atoms with Gasteiger partial charge in [0, 0.05) is 5.71 Å². The van der Waals surface area contributed by atoms with Crippen LogP contribution in [0.1, 0.15) is 19.4 Å². The lowest BCUT2D eigenvalue weighted by Crippen LogP contribution is -2.01. The molecular formula is C12H14N2. The summed E-state index contributed by atoms with van der Waals surface area (Å²) in [7, 11) is 0. The first-order chi connectivity index (χ1) is 6.61. The first-order valence-electron chi connectivity index (χ1n) is 4.49. The van der Waals surface area contributed by atoms with Crippen molar-refractivity contribution >= 4 is 11.4 Å². The molecule has 0 spiro atoms. The minimum Gasteiger partial charge on any atom is -0.306 e. The molecule has 0 saturated carbocycles. The monoisotopic (exact) mass is 186 g/mol. The zero-order chi connectivity index (χ0) is 10.6. The Kier molecular flexibility index (Phi) is 3.35. The summed E-state index contributed by atoms with van der Waals surface area (Å²) in [5, 5.41) is 15.2. The topological polar surface area (TPSA) is 47.7 Å². The van der Waals surface area contributed by atoms with E-state index in [4.69, 9.17) is 10.8 Å². The summed E-state index contributed by atoms with van der Waals surface area (Å²) >= 11 is 0. The largest absolute Gasteiger partial charge is 0.306 e. The minimum atomic E-state index is 0.475. The summed E-state index contributed by atoms with van der Waals surface area (Å²) < 4.78 is 0. The summed E-state index contributed by atoms with van der Waals surface area (Å²) in [5.74, 6) is 0. The SMILES string of the molecule is CC(=N)/C=C(/C)C(=N)c1ccccc1. The number of hydrogen-bond donors (Lipinski definition) is 2. The van der Waals surface area contributed by atoms with Crippen molar-refractivity contribution in [1.29, 1.82) is 10.8 Å². The maximum atomic E-state index is 7.86. The molecule has 0 aliphatic rings. The molecule has 0 atom stereocenters. The van der Waals surface area contributed by atoms with Gasteiger partial charge in [-0.15, -0.1) is 0 Å². The molecule has 0 bridgehead atoms. The summed E-state index contributed by atoms with van der Waals surface area (Å²) in [4.78, 5) is 0. The average Bonchev–Trinajstić information content (AvgIpc) is 2.17. The second-order valence-corrected chi connectivity index (χ2v) is 3.25. The average molecular weight is 186 g/mol. The van der Waals surface area contributed by atoms with Gasteiger partial charge in [-0.2, -0.15) is 0 Å². The van der Waals surface area contributed by atoms with Crippen molar-refractivity contribution in [3.8, 4) is 0 Å². The third-order valence-electron chi connectivity index (χ3n) is 1.89. The molecule has 2 heteroatoms. The van der Waals surface area contributed by atoms with Crippen molar-refractivity contribution in [2.45, 2.75) is 13.8 Å². The van der Waals surface area contributed by atoms with Gasteiger partial charge in [0.15, 0.2) is 0 Å². The van der Waals surface area contributed by atoms with Crippen molar-refractivity contribution in [2.75, 3.05) is 0 Å². The molecule has 0 aliphatic heterocycles.